The second kappa shape index (κ2) is 3.67. The summed E-state index contributed by atoms with van der Waals surface area (Å²) in [6.45, 7) is 0. The van der Waals surface area contributed by atoms with Gasteiger partial charge < -0.3 is 5.11 Å². The second-order valence-corrected chi connectivity index (χ2v) is 4.35. The number of pyridine rings is 1. The van der Waals surface area contributed by atoms with Crippen molar-refractivity contribution in [2.75, 3.05) is 0 Å². The molecule has 0 bridgehead atoms. The Bertz CT molecular complexity index is 688. The maximum atomic E-state index is 11.0. The summed E-state index contributed by atoms with van der Waals surface area (Å²) in [6.07, 6.45) is 0. The molecule has 6 heteroatoms. The van der Waals surface area contributed by atoms with E-state index in [1.807, 2.05) is 17.5 Å². The molecular formula is C11H7N3O2S. The minimum atomic E-state index is -1.02. The molecule has 0 atom stereocenters. The van der Waals surface area contributed by atoms with Crippen LogP contribution >= 0.6 is 11.3 Å². The maximum absolute atomic E-state index is 11.0. The number of carbonyl (C=O) groups is 1. The smallest absolute Gasteiger partial charge is 0.354 e. The summed E-state index contributed by atoms with van der Waals surface area (Å²) in [7, 11) is 0. The number of aromatic carboxylic acids is 1. The van der Waals surface area contributed by atoms with Crippen molar-refractivity contribution in [3.8, 4) is 10.7 Å². The topological polar surface area (TPSA) is 67.5 Å². The number of carboxylic acid groups (broad SMARTS) is 1. The van der Waals surface area contributed by atoms with E-state index in [1.165, 1.54) is 21.9 Å². The molecule has 0 aromatic carbocycles. The highest BCUT2D eigenvalue weighted by Crippen LogP contribution is 2.22. The van der Waals surface area contributed by atoms with E-state index in [9.17, 15) is 4.79 Å². The molecule has 84 valence electrons. The van der Waals surface area contributed by atoms with Gasteiger partial charge in [0.15, 0.2) is 17.2 Å². The van der Waals surface area contributed by atoms with Crippen molar-refractivity contribution in [3.05, 3.63) is 41.4 Å². The molecule has 3 rings (SSSR count). The van der Waals surface area contributed by atoms with E-state index in [0.717, 1.165) is 4.88 Å². The van der Waals surface area contributed by atoms with Crippen LogP contribution < -0.4 is 0 Å². The van der Waals surface area contributed by atoms with Gasteiger partial charge in [-0.15, -0.1) is 16.4 Å². The van der Waals surface area contributed by atoms with Crippen molar-refractivity contribution in [1.82, 2.24) is 14.6 Å². The molecule has 3 aromatic heterocycles. The lowest BCUT2D eigenvalue weighted by Gasteiger charge is -1.96. The maximum Gasteiger partial charge on any atom is 0.354 e. The Morgan fingerprint density at radius 2 is 2.18 bits per heavy atom. The molecule has 0 aliphatic heterocycles. The van der Waals surface area contributed by atoms with Gasteiger partial charge in [0.05, 0.1) is 4.88 Å². The molecule has 0 aliphatic carbocycles. The molecule has 0 saturated carbocycles. The summed E-state index contributed by atoms with van der Waals surface area (Å²) in [5.41, 5.74) is 0.645. The molecule has 0 amide bonds. The van der Waals surface area contributed by atoms with Crippen LogP contribution in [0.5, 0.6) is 0 Å². The van der Waals surface area contributed by atoms with Crippen LogP contribution in [0.2, 0.25) is 0 Å². The van der Waals surface area contributed by atoms with Crippen molar-refractivity contribution in [2.24, 2.45) is 0 Å². The summed E-state index contributed by atoms with van der Waals surface area (Å²) in [5.74, 6) is -0.466. The summed E-state index contributed by atoms with van der Waals surface area (Å²) >= 11 is 1.52. The van der Waals surface area contributed by atoms with Gasteiger partial charge in [-0.05, 0) is 23.6 Å². The molecule has 0 fully saturated rings. The van der Waals surface area contributed by atoms with E-state index in [4.69, 9.17) is 5.11 Å². The Hall–Kier alpha value is -2.21. The Labute approximate surface area is 100.0 Å². The SMILES string of the molecule is O=C(O)c1cccc2nc(-c3cccs3)nn12. The average molecular weight is 245 g/mol. The number of rotatable bonds is 2. The Morgan fingerprint density at radius 3 is 2.88 bits per heavy atom. The normalized spacial score (nSPS) is 10.8. The van der Waals surface area contributed by atoms with Gasteiger partial charge in [0.2, 0.25) is 0 Å². The summed E-state index contributed by atoms with van der Waals surface area (Å²) in [5, 5.41) is 15.2. The number of aromatic nitrogens is 3. The van der Waals surface area contributed by atoms with Crippen LogP contribution in [0.4, 0.5) is 0 Å². The van der Waals surface area contributed by atoms with Crippen molar-refractivity contribution in [2.45, 2.75) is 0 Å². The fourth-order valence-electron chi connectivity index (χ4n) is 1.58. The predicted molar refractivity (Wildman–Crippen MR) is 63.3 cm³/mol. The third-order valence-corrected chi connectivity index (χ3v) is 3.19. The zero-order valence-corrected chi connectivity index (χ0v) is 9.39. The lowest BCUT2D eigenvalue weighted by Crippen LogP contribution is -2.05. The van der Waals surface area contributed by atoms with Crippen LogP contribution in [0, 0.1) is 0 Å². The standard InChI is InChI=1S/C11H7N3O2S/c15-11(16)7-3-1-5-9-12-10(13-14(7)9)8-4-2-6-17-8/h1-6H,(H,15,16). The molecule has 0 radical (unpaired) electrons. The zero-order valence-electron chi connectivity index (χ0n) is 8.57. The highest BCUT2D eigenvalue weighted by Gasteiger charge is 2.13. The predicted octanol–water partition coefficient (Wildman–Crippen LogP) is 2.16. The van der Waals surface area contributed by atoms with Gasteiger partial charge in [-0.2, -0.15) is 0 Å². The monoisotopic (exact) mass is 245 g/mol. The van der Waals surface area contributed by atoms with Gasteiger partial charge in [0, 0.05) is 0 Å². The van der Waals surface area contributed by atoms with Crippen LogP contribution in [-0.4, -0.2) is 25.7 Å². The molecule has 5 nitrogen and oxygen atoms in total. The molecule has 1 N–H and O–H groups in total. The number of hydrogen-bond donors (Lipinski definition) is 1. The molecule has 0 spiro atoms. The summed E-state index contributed by atoms with van der Waals surface area (Å²) in [4.78, 5) is 16.2. The fourth-order valence-corrected chi connectivity index (χ4v) is 2.23. The summed E-state index contributed by atoms with van der Waals surface area (Å²) in [6, 6.07) is 8.70. The van der Waals surface area contributed by atoms with Crippen LogP contribution in [-0.2, 0) is 0 Å². The van der Waals surface area contributed by atoms with Gasteiger partial charge in [0.1, 0.15) is 0 Å². The Kier molecular flexibility index (Phi) is 2.15. The van der Waals surface area contributed by atoms with Crippen molar-refractivity contribution in [3.63, 3.8) is 0 Å². The summed E-state index contributed by atoms with van der Waals surface area (Å²) < 4.78 is 1.34. The third kappa shape index (κ3) is 1.58. The van der Waals surface area contributed by atoms with Crippen molar-refractivity contribution < 1.29 is 9.90 Å². The first-order chi connectivity index (χ1) is 8.25. The average Bonchev–Trinajstić information content (AvgIpc) is 2.96. The highest BCUT2D eigenvalue weighted by atomic mass is 32.1. The van der Waals surface area contributed by atoms with Crippen LogP contribution in [0.1, 0.15) is 10.5 Å². The molecule has 3 heterocycles. The number of nitrogens with zero attached hydrogens (tertiary/aromatic N) is 3. The van der Waals surface area contributed by atoms with E-state index in [1.54, 1.807) is 12.1 Å². The minimum Gasteiger partial charge on any atom is -0.477 e. The fraction of sp³-hybridized carbons (Fsp3) is 0. The second-order valence-electron chi connectivity index (χ2n) is 3.40. The Morgan fingerprint density at radius 1 is 1.29 bits per heavy atom. The van der Waals surface area contributed by atoms with Crippen LogP contribution in [0.3, 0.4) is 0 Å². The first kappa shape index (κ1) is 9.98. The van der Waals surface area contributed by atoms with Gasteiger partial charge in [-0.25, -0.2) is 14.3 Å². The van der Waals surface area contributed by atoms with Gasteiger partial charge in [-0.3, -0.25) is 0 Å². The quantitative estimate of drug-likeness (QED) is 0.751. The van der Waals surface area contributed by atoms with Crippen LogP contribution in [0.15, 0.2) is 35.7 Å². The van der Waals surface area contributed by atoms with Gasteiger partial charge in [-0.1, -0.05) is 12.1 Å². The van der Waals surface area contributed by atoms with E-state index in [-0.39, 0.29) is 5.69 Å². The lowest BCUT2D eigenvalue weighted by atomic mass is 10.3. The lowest BCUT2D eigenvalue weighted by molar-refractivity contribution is 0.0687. The van der Waals surface area contributed by atoms with E-state index < -0.39 is 5.97 Å². The molecule has 0 aliphatic rings. The van der Waals surface area contributed by atoms with Crippen LogP contribution in [0.25, 0.3) is 16.3 Å². The number of carboxylic acids is 1. The number of fused-ring (bicyclic) bond motifs is 1. The van der Waals surface area contributed by atoms with E-state index >= 15 is 0 Å². The highest BCUT2D eigenvalue weighted by molar-refractivity contribution is 7.13. The zero-order chi connectivity index (χ0) is 11.8. The van der Waals surface area contributed by atoms with Crippen molar-refractivity contribution in [1.29, 1.82) is 0 Å². The van der Waals surface area contributed by atoms with Gasteiger partial charge in [0.25, 0.3) is 0 Å². The first-order valence-electron chi connectivity index (χ1n) is 4.88. The van der Waals surface area contributed by atoms with Gasteiger partial charge >= 0.3 is 5.97 Å². The van der Waals surface area contributed by atoms with E-state index in [2.05, 4.69) is 10.1 Å². The Balaban J connectivity index is 2.26. The minimum absolute atomic E-state index is 0.109. The van der Waals surface area contributed by atoms with E-state index in [0.29, 0.717) is 11.5 Å². The first-order valence-corrected chi connectivity index (χ1v) is 5.76. The molecule has 3 aromatic rings. The number of thiophene rings is 1. The van der Waals surface area contributed by atoms with Crippen molar-refractivity contribution >= 4 is 23.0 Å². The molecule has 0 saturated heterocycles. The number of hydrogen-bond acceptors (Lipinski definition) is 4. The molecular weight excluding hydrogens is 238 g/mol. The molecule has 0 unspecified atom stereocenters. The third-order valence-electron chi connectivity index (χ3n) is 2.32. The largest absolute Gasteiger partial charge is 0.477 e. The molecule has 17 heavy (non-hydrogen) atoms.